The van der Waals surface area contributed by atoms with Crippen molar-refractivity contribution < 1.29 is 4.79 Å². The van der Waals surface area contributed by atoms with E-state index in [-0.39, 0.29) is 23.6 Å². The average Bonchev–Trinajstić information content (AvgIpc) is 1.98. The second kappa shape index (κ2) is 4.74. The molecular formula is C8H17N3O. The summed E-state index contributed by atoms with van der Waals surface area (Å²) in [5, 5.41) is 9.51. The Morgan fingerprint density at radius 2 is 2.00 bits per heavy atom. The predicted molar refractivity (Wildman–Crippen MR) is 48.9 cm³/mol. The van der Waals surface area contributed by atoms with Crippen molar-refractivity contribution in [1.82, 2.24) is 5.32 Å². The van der Waals surface area contributed by atoms with E-state index in [0.29, 0.717) is 6.54 Å². The standard InChI is InChI=1S/C8H17N3O/c1-5(2)7(12)6(3)4-11-8(9)10/h5-6H,4H2,1-3H3,(H4,9,10,11)/t6-/m0/s1. The first-order chi connectivity index (χ1) is 5.45. The van der Waals surface area contributed by atoms with Gasteiger partial charge in [-0.3, -0.25) is 10.2 Å². The average molecular weight is 171 g/mol. The number of carbonyl (C=O) groups excluding carboxylic acids is 1. The summed E-state index contributed by atoms with van der Waals surface area (Å²) in [4.78, 5) is 11.3. The van der Waals surface area contributed by atoms with Crippen LogP contribution in [0.1, 0.15) is 20.8 Å². The highest BCUT2D eigenvalue weighted by atomic mass is 16.1. The molecule has 0 saturated heterocycles. The Morgan fingerprint density at radius 3 is 2.33 bits per heavy atom. The lowest BCUT2D eigenvalue weighted by Gasteiger charge is -2.13. The largest absolute Gasteiger partial charge is 0.370 e. The third-order valence-electron chi connectivity index (χ3n) is 1.65. The van der Waals surface area contributed by atoms with Gasteiger partial charge in [0.25, 0.3) is 0 Å². The Hall–Kier alpha value is -1.06. The molecule has 1 atom stereocenters. The molecule has 0 bridgehead atoms. The number of ketones is 1. The summed E-state index contributed by atoms with van der Waals surface area (Å²) < 4.78 is 0. The molecule has 4 N–H and O–H groups in total. The highest BCUT2D eigenvalue weighted by Gasteiger charge is 2.15. The molecule has 0 aliphatic heterocycles. The van der Waals surface area contributed by atoms with Crippen molar-refractivity contribution in [2.75, 3.05) is 6.54 Å². The van der Waals surface area contributed by atoms with Crippen LogP contribution in [-0.2, 0) is 4.79 Å². The van der Waals surface area contributed by atoms with E-state index in [1.165, 1.54) is 0 Å². The summed E-state index contributed by atoms with van der Waals surface area (Å²) in [5.74, 6) is 0.0878. The lowest BCUT2D eigenvalue weighted by atomic mass is 9.97. The number of Topliss-reactive ketones (excluding diaryl/α,β-unsaturated/α-hetero) is 1. The molecule has 0 aliphatic carbocycles. The normalized spacial score (nSPS) is 12.7. The van der Waals surface area contributed by atoms with Crippen molar-refractivity contribution in [2.45, 2.75) is 20.8 Å². The van der Waals surface area contributed by atoms with Crippen LogP contribution in [0.5, 0.6) is 0 Å². The molecule has 0 radical (unpaired) electrons. The van der Waals surface area contributed by atoms with Gasteiger partial charge < -0.3 is 11.1 Å². The maximum atomic E-state index is 11.3. The van der Waals surface area contributed by atoms with Crippen LogP contribution in [0.25, 0.3) is 0 Å². The molecule has 12 heavy (non-hydrogen) atoms. The van der Waals surface area contributed by atoms with Crippen LogP contribution in [0.2, 0.25) is 0 Å². The quantitative estimate of drug-likeness (QED) is 0.421. The van der Waals surface area contributed by atoms with Crippen LogP contribution in [0.3, 0.4) is 0 Å². The molecule has 0 fully saturated rings. The first kappa shape index (κ1) is 10.9. The summed E-state index contributed by atoms with van der Waals surface area (Å²) in [7, 11) is 0. The van der Waals surface area contributed by atoms with E-state index in [9.17, 15) is 4.79 Å². The van der Waals surface area contributed by atoms with Gasteiger partial charge in [-0.1, -0.05) is 20.8 Å². The Labute approximate surface area is 73.0 Å². The van der Waals surface area contributed by atoms with E-state index in [1.807, 2.05) is 20.8 Å². The summed E-state index contributed by atoms with van der Waals surface area (Å²) >= 11 is 0. The molecule has 70 valence electrons. The first-order valence-electron chi connectivity index (χ1n) is 4.06. The number of guanidine groups is 1. The molecule has 0 heterocycles. The number of rotatable bonds is 4. The van der Waals surface area contributed by atoms with Gasteiger partial charge >= 0.3 is 0 Å². The molecule has 0 aliphatic rings. The van der Waals surface area contributed by atoms with Crippen molar-refractivity contribution in [3.8, 4) is 0 Å². The Bertz CT molecular complexity index is 177. The minimum Gasteiger partial charge on any atom is -0.370 e. The molecule has 0 saturated carbocycles. The maximum absolute atomic E-state index is 11.3. The van der Waals surface area contributed by atoms with E-state index in [0.717, 1.165) is 0 Å². The van der Waals surface area contributed by atoms with E-state index in [4.69, 9.17) is 11.1 Å². The lowest BCUT2D eigenvalue weighted by Crippen LogP contribution is -2.36. The maximum Gasteiger partial charge on any atom is 0.185 e. The lowest BCUT2D eigenvalue weighted by molar-refractivity contribution is -0.125. The van der Waals surface area contributed by atoms with Gasteiger partial charge in [-0.05, 0) is 0 Å². The summed E-state index contributed by atoms with van der Waals surface area (Å²) in [5.41, 5.74) is 5.08. The predicted octanol–water partition coefficient (Wildman–Crippen LogP) is 0.331. The molecule has 0 aromatic carbocycles. The molecule has 0 aromatic heterocycles. The van der Waals surface area contributed by atoms with Gasteiger partial charge in [0.1, 0.15) is 5.78 Å². The molecular weight excluding hydrogens is 154 g/mol. The number of nitrogens with two attached hydrogens (primary N) is 1. The molecule has 0 amide bonds. The van der Waals surface area contributed by atoms with Crippen LogP contribution in [0.15, 0.2) is 0 Å². The molecule has 0 spiro atoms. The van der Waals surface area contributed by atoms with E-state index in [2.05, 4.69) is 5.32 Å². The van der Waals surface area contributed by atoms with Gasteiger partial charge in [0, 0.05) is 18.4 Å². The zero-order chi connectivity index (χ0) is 9.72. The molecule has 4 heteroatoms. The van der Waals surface area contributed by atoms with Crippen LogP contribution in [0, 0.1) is 17.2 Å². The SMILES string of the molecule is CC(C)C(=O)[C@@H](C)CNC(=N)N. The highest BCUT2D eigenvalue weighted by molar-refractivity contribution is 5.83. The monoisotopic (exact) mass is 171 g/mol. The fourth-order valence-electron chi connectivity index (χ4n) is 0.933. The van der Waals surface area contributed by atoms with Crippen LogP contribution >= 0.6 is 0 Å². The van der Waals surface area contributed by atoms with E-state index >= 15 is 0 Å². The van der Waals surface area contributed by atoms with Crippen molar-refractivity contribution in [3.05, 3.63) is 0 Å². The van der Waals surface area contributed by atoms with Crippen molar-refractivity contribution in [3.63, 3.8) is 0 Å². The van der Waals surface area contributed by atoms with Gasteiger partial charge in [-0.15, -0.1) is 0 Å². The molecule has 0 aromatic rings. The van der Waals surface area contributed by atoms with Crippen LogP contribution in [-0.4, -0.2) is 18.3 Å². The van der Waals surface area contributed by atoms with Gasteiger partial charge in [0.05, 0.1) is 0 Å². The fourth-order valence-corrected chi connectivity index (χ4v) is 0.933. The van der Waals surface area contributed by atoms with Gasteiger partial charge in [0.15, 0.2) is 5.96 Å². The van der Waals surface area contributed by atoms with Crippen LogP contribution in [0.4, 0.5) is 0 Å². The molecule has 0 unspecified atom stereocenters. The third-order valence-corrected chi connectivity index (χ3v) is 1.65. The summed E-state index contributed by atoms with van der Waals surface area (Å²) in [6.45, 7) is 6.02. The Morgan fingerprint density at radius 1 is 1.50 bits per heavy atom. The fraction of sp³-hybridized carbons (Fsp3) is 0.750. The van der Waals surface area contributed by atoms with Gasteiger partial charge in [0.2, 0.25) is 0 Å². The second-order valence-corrected chi connectivity index (χ2v) is 3.25. The number of carbonyl (C=O) groups is 1. The number of hydrogen-bond acceptors (Lipinski definition) is 2. The van der Waals surface area contributed by atoms with Crippen molar-refractivity contribution in [1.29, 1.82) is 5.41 Å². The number of nitrogens with one attached hydrogen (secondary N) is 2. The van der Waals surface area contributed by atoms with Gasteiger partial charge in [-0.2, -0.15) is 0 Å². The summed E-state index contributed by atoms with van der Waals surface area (Å²) in [6.07, 6.45) is 0. The number of hydrogen-bond donors (Lipinski definition) is 3. The van der Waals surface area contributed by atoms with Gasteiger partial charge in [-0.25, -0.2) is 0 Å². The minimum atomic E-state index is -0.0848. The molecule has 4 nitrogen and oxygen atoms in total. The Kier molecular flexibility index (Phi) is 4.33. The summed E-state index contributed by atoms with van der Waals surface area (Å²) in [6, 6.07) is 0. The molecule has 0 rings (SSSR count). The zero-order valence-corrected chi connectivity index (χ0v) is 7.85. The Balaban J connectivity index is 3.79. The van der Waals surface area contributed by atoms with Crippen molar-refractivity contribution >= 4 is 11.7 Å². The minimum absolute atomic E-state index is 0.0498. The zero-order valence-electron chi connectivity index (χ0n) is 7.85. The smallest absolute Gasteiger partial charge is 0.185 e. The van der Waals surface area contributed by atoms with Crippen LogP contribution < -0.4 is 11.1 Å². The first-order valence-corrected chi connectivity index (χ1v) is 4.06. The van der Waals surface area contributed by atoms with E-state index < -0.39 is 0 Å². The highest BCUT2D eigenvalue weighted by Crippen LogP contribution is 2.04. The van der Waals surface area contributed by atoms with Crippen molar-refractivity contribution in [2.24, 2.45) is 17.6 Å². The second-order valence-electron chi connectivity index (χ2n) is 3.25. The van der Waals surface area contributed by atoms with E-state index in [1.54, 1.807) is 0 Å². The third kappa shape index (κ3) is 3.95. The topological polar surface area (TPSA) is 79.0 Å².